The fourth-order valence-corrected chi connectivity index (χ4v) is 3.07. The second kappa shape index (κ2) is 8.99. The molecular weight excluding hydrogens is 406 g/mol. The monoisotopic (exact) mass is 425 g/mol. The molecule has 0 saturated heterocycles. The molecule has 0 fully saturated rings. The van der Waals surface area contributed by atoms with E-state index in [0.29, 0.717) is 12.0 Å². The number of carboxylic acid groups (broad SMARTS) is 1. The number of aromatic amines is 1. The number of hydrogen-bond donors (Lipinski definition) is 5. The molecule has 0 radical (unpaired) electrons. The highest BCUT2D eigenvalue weighted by molar-refractivity contribution is 6.03. The highest BCUT2D eigenvalue weighted by Gasteiger charge is 2.22. The molecule has 0 unspecified atom stereocenters. The first-order valence-electron chi connectivity index (χ1n) is 9.13. The Morgan fingerprint density at radius 2 is 1.84 bits per heavy atom. The van der Waals surface area contributed by atoms with E-state index in [1.54, 1.807) is 6.07 Å². The first-order chi connectivity index (χ1) is 14.8. The number of aromatic nitrogens is 1. The van der Waals surface area contributed by atoms with Crippen molar-refractivity contribution in [3.63, 3.8) is 0 Å². The van der Waals surface area contributed by atoms with E-state index in [-0.39, 0.29) is 16.7 Å². The van der Waals surface area contributed by atoms with Crippen molar-refractivity contribution in [2.45, 2.75) is 6.42 Å². The largest absolute Gasteiger partial charge is 0.506 e. The number of amides is 2. The number of nitrogens with two attached hydrogens (primary N) is 1. The Hall–Kier alpha value is -4.34. The van der Waals surface area contributed by atoms with Crippen molar-refractivity contribution < 1.29 is 29.3 Å². The van der Waals surface area contributed by atoms with Crippen LogP contribution in [0.25, 0.3) is 10.9 Å². The van der Waals surface area contributed by atoms with Gasteiger partial charge in [-0.2, -0.15) is 0 Å². The molecular formula is C21H19N3O7. The zero-order valence-corrected chi connectivity index (χ0v) is 16.2. The van der Waals surface area contributed by atoms with Crippen molar-refractivity contribution in [3.05, 3.63) is 69.5 Å². The molecule has 2 aromatic carbocycles. The number of aromatic hydroxyl groups is 1. The fourth-order valence-electron chi connectivity index (χ4n) is 3.07. The SMILES string of the molecule is NC(=O)COc1cc(Cc2ccccc2)c2[nH]c(=O)c(C(=O)NCC(=O)O)c(O)c2c1. The van der Waals surface area contributed by atoms with Crippen LogP contribution in [0.15, 0.2) is 47.3 Å². The summed E-state index contributed by atoms with van der Waals surface area (Å²) in [6, 6.07) is 12.2. The van der Waals surface area contributed by atoms with Gasteiger partial charge in [0.25, 0.3) is 17.4 Å². The van der Waals surface area contributed by atoms with Gasteiger partial charge in [0.05, 0.1) is 5.52 Å². The van der Waals surface area contributed by atoms with E-state index in [2.05, 4.69) is 4.98 Å². The van der Waals surface area contributed by atoms with E-state index < -0.39 is 47.8 Å². The van der Waals surface area contributed by atoms with Gasteiger partial charge in [-0.05, 0) is 29.7 Å². The molecule has 0 aliphatic heterocycles. The van der Waals surface area contributed by atoms with Crippen LogP contribution >= 0.6 is 0 Å². The number of nitrogens with one attached hydrogen (secondary N) is 2. The number of pyridine rings is 1. The van der Waals surface area contributed by atoms with Gasteiger partial charge in [-0.3, -0.25) is 19.2 Å². The molecule has 0 aliphatic rings. The van der Waals surface area contributed by atoms with Crippen molar-refractivity contribution in [2.24, 2.45) is 5.73 Å². The maximum absolute atomic E-state index is 12.5. The maximum atomic E-state index is 12.5. The van der Waals surface area contributed by atoms with Crippen LogP contribution in [-0.2, 0) is 16.0 Å². The number of hydrogen-bond acceptors (Lipinski definition) is 6. The van der Waals surface area contributed by atoms with Gasteiger partial charge in [-0.1, -0.05) is 30.3 Å². The molecule has 160 valence electrons. The van der Waals surface area contributed by atoms with Crippen LogP contribution in [0.5, 0.6) is 11.5 Å². The third-order valence-corrected chi connectivity index (χ3v) is 4.40. The molecule has 10 heteroatoms. The minimum atomic E-state index is -1.31. The van der Waals surface area contributed by atoms with E-state index in [1.807, 2.05) is 35.6 Å². The van der Waals surface area contributed by atoms with Gasteiger partial charge in [-0.15, -0.1) is 0 Å². The van der Waals surface area contributed by atoms with Crippen molar-refractivity contribution in [1.29, 1.82) is 0 Å². The lowest BCUT2D eigenvalue weighted by atomic mass is 9.99. The number of aliphatic carboxylic acids is 1. The van der Waals surface area contributed by atoms with Crippen LogP contribution in [0, 0.1) is 0 Å². The smallest absolute Gasteiger partial charge is 0.322 e. The summed E-state index contributed by atoms with van der Waals surface area (Å²) in [6.07, 6.45) is 0.352. The Bertz CT molecular complexity index is 1220. The molecule has 0 atom stereocenters. The van der Waals surface area contributed by atoms with Crippen LogP contribution in [0.1, 0.15) is 21.5 Å². The van der Waals surface area contributed by atoms with Crippen molar-refractivity contribution in [2.75, 3.05) is 13.2 Å². The second-order valence-electron chi connectivity index (χ2n) is 6.68. The number of primary amides is 1. The molecule has 3 rings (SSSR count). The van der Waals surface area contributed by atoms with Crippen molar-refractivity contribution in [1.82, 2.24) is 10.3 Å². The van der Waals surface area contributed by atoms with Gasteiger partial charge in [0.1, 0.15) is 23.6 Å². The molecule has 0 aliphatic carbocycles. The number of H-pyrrole nitrogens is 1. The van der Waals surface area contributed by atoms with Gasteiger partial charge >= 0.3 is 5.97 Å². The van der Waals surface area contributed by atoms with E-state index >= 15 is 0 Å². The lowest BCUT2D eigenvalue weighted by Gasteiger charge is -2.14. The highest BCUT2D eigenvalue weighted by Crippen LogP contribution is 2.32. The van der Waals surface area contributed by atoms with Crippen LogP contribution < -0.4 is 21.3 Å². The Labute approximate surface area is 175 Å². The van der Waals surface area contributed by atoms with Gasteiger partial charge < -0.3 is 31.0 Å². The summed E-state index contributed by atoms with van der Waals surface area (Å²) in [5.74, 6) is -3.51. The minimum absolute atomic E-state index is 0.0907. The zero-order chi connectivity index (χ0) is 22.5. The Balaban J connectivity index is 2.15. The van der Waals surface area contributed by atoms with Crippen LogP contribution in [0.3, 0.4) is 0 Å². The lowest BCUT2D eigenvalue weighted by Crippen LogP contribution is -2.33. The summed E-state index contributed by atoms with van der Waals surface area (Å²) in [4.78, 5) is 49.2. The highest BCUT2D eigenvalue weighted by atomic mass is 16.5. The lowest BCUT2D eigenvalue weighted by molar-refractivity contribution is -0.135. The number of carbonyl (C=O) groups is 3. The molecule has 0 spiro atoms. The number of carboxylic acids is 1. The van der Waals surface area contributed by atoms with Gasteiger partial charge in [0.15, 0.2) is 6.61 Å². The van der Waals surface area contributed by atoms with E-state index in [0.717, 1.165) is 5.56 Å². The summed E-state index contributed by atoms with van der Waals surface area (Å²) < 4.78 is 5.36. The standard InChI is InChI=1S/C21H19N3O7/c22-15(25)10-31-13-7-12(6-11-4-2-1-3-5-11)18-14(8-13)19(28)17(21(30)24-18)20(29)23-9-16(26)27/h1-5,7-8H,6,9-10H2,(H2,22,25)(H,23,29)(H,26,27)(H2,24,28,30). The molecule has 0 bridgehead atoms. The first-order valence-corrected chi connectivity index (χ1v) is 9.13. The number of fused-ring (bicyclic) bond motifs is 1. The Morgan fingerprint density at radius 1 is 1.13 bits per heavy atom. The molecule has 31 heavy (non-hydrogen) atoms. The summed E-state index contributed by atoms with van der Waals surface area (Å²) in [6.45, 7) is -1.14. The zero-order valence-electron chi connectivity index (χ0n) is 16.2. The van der Waals surface area contributed by atoms with Gasteiger partial charge in [0.2, 0.25) is 0 Å². The number of rotatable bonds is 8. The van der Waals surface area contributed by atoms with Crippen LogP contribution in [-0.4, -0.2) is 46.1 Å². The van der Waals surface area contributed by atoms with E-state index in [1.165, 1.54) is 6.07 Å². The van der Waals surface area contributed by atoms with Gasteiger partial charge in [-0.25, -0.2) is 0 Å². The molecule has 6 N–H and O–H groups in total. The average molecular weight is 425 g/mol. The fraction of sp³-hybridized carbons (Fsp3) is 0.143. The maximum Gasteiger partial charge on any atom is 0.322 e. The Morgan fingerprint density at radius 3 is 2.48 bits per heavy atom. The number of ether oxygens (including phenoxy) is 1. The first kappa shape index (κ1) is 21.4. The van der Waals surface area contributed by atoms with E-state index in [4.69, 9.17) is 15.6 Å². The number of benzene rings is 2. The molecule has 2 amide bonds. The molecule has 3 aromatic rings. The van der Waals surface area contributed by atoms with Crippen molar-refractivity contribution in [3.8, 4) is 11.5 Å². The molecule has 1 heterocycles. The minimum Gasteiger partial charge on any atom is -0.506 e. The molecule has 0 saturated carbocycles. The molecule has 10 nitrogen and oxygen atoms in total. The Kier molecular flexibility index (Phi) is 6.20. The predicted octanol–water partition coefficient (Wildman–Crippen LogP) is 0.503. The summed E-state index contributed by atoms with van der Waals surface area (Å²) >= 11 is 0. The normalized spacial score (nSPS) is 10.6. The van der Waals surface area contributed by atoms with Crippen LogP contribution in [0.2, 0.25) is 0 Å². The predicted molar refractivity (Wildman–Crippen MR) is 110 cm³/mol. The van der Waals surface area contributed by atoms with Crippen LogP contribution in [0.4, 0.5) is 0 Å². The summed E-state index contributed by atoms with van der Waals surface area (Å²) in [5, 5.41) is 21.5. The second-order valence-corrected chi connectivity index (χ2v) is 6.68. The summed E-state index contributed by atoms with van der Waals surface area (Å²) in [7, 11) is 0. The number of carbonyl (C=O) groups excluding carboxylic acids is 2. The topological polar surface area (TPSA) is 172 Å². The van der Waals surface area contributed by atoms with Crippen molar-refractivity contribution >= 4 is 28.7 Å². The van der Waals surface area contributed by atoms with Gasteiger partial charge in [0, 0.05) is 5.39 Å². The average Bonchev–Trinajstić information content (AvgIpc) is 2.72. The van der Waals surface area contributed by atoms with E-state index in [9.17, 15) is 24.3 Å². The summed E-state index contributed by atoms with van der Waals surface area (Å²) in [5.41, 5.74) is 5.35. The molecule has 1 aromatic heterocycles. The quantitative estimate of drug-likeness (QED) is 0.350. The third kappa shape index (κ3) is 4.99. The third-order valence-electron chi connectivity index (χ3n) is 4.40.